The van der Waals surface area contributed by atoms with Crippen molar-refractivity contribution in [3.63, 3.8) is 0 Å². The zero-order valence-corrected chi connectivity index (χ0v) is 62.3. The molecule has 29 heteroatoms. The first kappa shape index (κ1) is 89.0. The summed E-state index contributed by atoms with van der Waals surface area (Å²) >= 11 is 6.34. The zero-order chi connectivity index (χ0) is 76.7. The molecule has 3 rings (SSSR count). The van der Waals surface area contributed by atoms with Crippen LogP contribution in [0.4, 0.5) is 0 Å². The molecule has 0 aliphatic carbocycles. The van der Waals surface area contributed by atoms with E-state index < -0.39 is 120 Å². The van der Waals surface area contributed by atoms with E-state index in [1.807, 2.05) is 79.7 Å². The van der Waals surface area contributed by atoms with Crippen LogP contribution >= 0.6 is 11.6 Å². The Morgan fingerprint density at radius 3 is 1.25 bits per heavy atom. The highest BCUT2D eigenvalue weighted by Crippen LogP contribution is 2.25. The number of carbonyl (C=O) groups is 12. The van der Waals surface area contributed by atoms with Crippen molar-refractivity contribution >= 4 is 93.6 Å². The van der Waals surface area contributed by atoms with Gasteiger partial charge in [-0.05, 0) is 118 Å². The molecule has 3 aromatic rings. The number of aliphatic carboxylic acids is 3. The number of hydrogen-bond acceptors (Lipinski definition) is 15. The Bertz CT molecular complexity index is 3190. The van der Waals surface area contributed by atoms with E-state index >= 15 is 0 Å². The van der Waals surface area contributed by atoms with Crippen molar-refractivity contribution in [3.05, 3.63) is 70.9 Å². The number of H-pyrrole nitrogens is 1. The lowest BCUT2D eigenvalue weighted by atomic mass is 9.94. The molecule has 2 aromatic carbocycles. The predicted octanol–water partition coefficient (Wildman–Crippen LogP) is 5.67. The minimum atomic E-state index is -1.22. The molecule has 13 atom stereocenters. The van der Waals surface area contributed by atoms with E-state index in [0.29, 0.717) is 68.5 Å². The molecule has 0 bridgehead atoms. The van der Waals surface area contributed by atoms with Crippen LogP contribution in [0.5, 0.6) is 0 Å². The standard InChI is InChI=1S/C74H118ClN13O15/c1-9-45(6)59(86-63(89)33-51(78)19-15-27-76)40-69(95)83-55(29-44(4)5)36-64(90)81-53(22-25-72(98)99)35-68(94)88-61(47(8)11-3)42-71(97)85-57(31-49-43-79-62-32-50(75)21-24-58(49)62)38-66(92)80-52(20-16-28-77)34-67(93)87-60(46(7)10-2)41-70(96)84-56(30-48-17-13-12-14-18-48)37-65(91)82-54(39-74(102)103)23-26-73(100)101/h12-14,17-18,21,24,32,43-47,51-57,59-61,79H,9-11,15-16,19-20,22-23,25-31,33-42,76-78H2,1-8H3,(H,80,92)(H,81,90)(H,82,91)(H,83,95)(H,84,96)(H,85,97)(H,86,89)(H,87,93)(H,88,94)(H,98,99)(H,100,101)(H,102,103)/t45-,46-,47-,51-,52-,53-,54-,55-,56-,57-,59-,60-,61-/m0/s1. The maximum absolute atomic E-state index is 14.4. The smallest absolute Gasteiger partial charge is 0.305 e. The molecule has 9 amide bonds. The van der Waals surface area contributed by atoms with Crippen molar-refractivity contribution in [3.8, 4) is 0 Å². The number of aromatic nitrogens is 1. The van der Waals surface area contributed by atoms with Gasteiger partial charge in [-0.1, -0.05) is 123 Å². The maximum Gasteiger partial charge on any atom is 0.305 e. The molecule has 0 aliphatic rings. The monoisotopic (exact) mass is 1460 g/mol. The van der Waals surface area contributed by atoms with Gasteiger partial charge < -0.3 is 85.4 Å². The highest BCUT2D eigenvalue weighted by Gasteiger charge is 2.32. The summed E-state index contributed by atoms with van der Waals surface area (Å²) in [6.07, 6.45) is 3.11. The lowest BCUT2D eigenvalue weighted by Gasteiger charge is -2.28. The fourth-order valence-electron chi connectivity index (χ4n) is 12.4. The van der Waals surface area contributed by atoms with Crippen LogP contribution in [0.15, 0.2) is 54.7 Å². The topological polar surface area (TPSA) is 468 Å². The molecule has 0 saturated heterocycles. The van der Waals surface area contributed by atoms with E-state index in [0.717, 1.165) is 16.5 Å². The second-order valence-electron chi connectivity index (χ2n) is 28.2. The summed E-state index contributed by atoms with van der Waals surface area (Å²) in [5, 5.41) is 56.0. The number of hydrogen-bond donors (Lipinski definition) is 16. The number of halogens is 1. The molecule has 28 nitrogen and oxygen atoms in total. The Morgan fingerprint density at radius 2 is 0.816 bits per heavy atom. The Balaban J connectivity index is 1.81. The second kappa shape index (κ2) is 47.9. The van der Waals surface area contributed by atoms with Crippen molar-refractivity contribution < 1.29 is 72.9 Å². The number of carboxylic acid groups (broad SMARTS) is 3. The number of rotatable bonds is 53. The van der Waals surface area contributed by atoms with Gasteiger partial charge in [0.15, 0.2) is 0 Å². The van der Waals surface area contributed by atoms with Crippen LogP contribution in [0.3, 0.4) is 0 Å². The molecular formula is C74H118ClN13O15. The van der Waals surface area contributed by atoms with Crippen molar-refractivity contribution in [1.29, 1.82) is 0 Å². The molecule has 0 spiro atoms. The average molecular weight is 1470 g/mol. The molecule has 0 fully saturated rings. The van der Waals surface area contributed by atoms with E-state index in [9.17, 15) is 72.9 Å². The molecule has 1 heterocycles. The SMILES string of the molecule is CC[C@H](C)[C@H](CC(=O)N[C@H](CC(=O)N[C@@H](CCC(=O)O)CC(=O)N[C@@H](CC(=O)N[C@H](CC(=O)N[C@@H](CCCN)CC(=O)N[C@@H](CC(=O)N[C@H](CC(=O)N[C@@H](CCC(=O)O)CC(=O)O)Cc1ccccc1)[C@@H](C)CC)Cc1c[nH]c2cc(Cl)ccc12)[C@@H](C)CC)CC(C)C)NC(=O)C[C@@H](N)CCCN. The summed E-state index contributed by atoms with van der Waals surface area (Å²) in [5.41, 5.74) is 20.0. The maximum atomic E-state index is 14.4. The van der Waals surface area contributed by atoms with E-state index in [1.54, 1.807) is 30.5 Å². The van der Waals surface area contributed by atoms with Crippen LogP contribution in [0.2, 0.25) is 5.02 Å². The van der Waals surface area contributed by atoms with Crippen molar-refractivity contribution in [2.75, 3.05) is 13.1 Å². The van der Waals surface area contributed by atoms with Crippen LogP contribution in [0.25, 0.3) is 10.9 Å². The number of aromatic amines is 1. The normalized spacial score (nSPS) is 15.2. The van der Waals surface area contributed by atoms with Gasteiger partial charge in [-0.3, -0.25) is 57.5 Å². The van der Waals surface area contributed by atoms with E-state index in [1.165, 1.54) is 0 Å². The van der Waals surface area contributed by atoms with Crippen molar-refractivity contribution in [2.45, 2.75) is 270 Å². The van der Waals surface area contributed by atoms with Gasteiger partial charge >= 0.3 is 17.9 Å². The number of carboxylic acids is 3. The van der Waals surface area contributed by atoms with Crippen molar-refractivity contribution in [1.82, 2.24) is 52.8 Å². The predicted molar refractivity (Wildman–Crippen MR) is 394 cm³/mol. The Labute approximate surface area is 611 Å². The summed E-state index contributed by atoms with van der Waals surface area (Å²) in [6, 6.07) is 7.03. The molecule has 19 N–H and O–H groups in total. The largest absolute Gasteiger partial charge is 0.481 e. The van der Waals surface area contributed by atoms with Gasteiger partial charge in [-0.25, -0.2) is 0 Å². The summed E-state index contributed by atoms with van der Waals surface area (Å²) < 4.78 is 0. The van der Waals surface area contributed by atoms with Gasteiger partial charge in [0.25, 0.3) is 0 Å². The summed E-state index contributed by atoms with van der Waals surface area (Å²) in [6.45, 7) is 16.0. The first-order valence-electron chi connectivity index (χ1n) is 36.6. The van der Waals surface area contributed by atoms with E-state index in [-0.39, 0.29) is 144 Å². The van der Waals surface area contributed by atoms with Crippen LogP contribution in [-0.4, -0.2) is 165 Å². The number of carbonyl (C=O) groups excluding carboxylic acids is 9. The first-order valence-corrected chi connectivity index (χ1v) is 36.9. The van der Waals surface area contributed by atoms with Gasteiger partial charge in [0.2, 0.25) is 53.2 Å². The minimum Gasteiger partial charge on any atom is -0.481 e. The minimum absolute atomic E-state index is 0.0416. The summed E-state index contributed by atoms with van der Waals surface area (Å²) in [7, 11) is 0. The number of nitrogens with one attached hydrogen (secondary N) is 10. The molecular weight excluding hydrogens is 1350 g/mol. The second-order valence-corrected chi connectivity index (χ2v) is 28.7. The van der Waals surface area contributed by atoms with Gasteiger partial charge in [0.05, 0.1) is 6.42 Å². The molecule has 1 aromatic heterocycles. The first-order chi connectivity index (χ1) is 48.8. The number of amides is 9. The average Bonchev–Trinajstić information content (AvgIpc) is 1.68. The fourth-order valence-corrected chi connectivity index (χ4v) is 12.6. The molecule has 576 valence electrons. The summed E-state index contributed by atoms with van der Waals surface area (Å²) in [5.74, 6) is -8.36. The van der Waals surface area contributed by atoms with Gasteiger partial charge in [-0.2, -0.15) is 0 Å². The lowest BCUT2D eigenvalue weighted by Crippen LogP contribution is -2.49. The van der Waals surface area contributed by atoms with Crippen molar-refractivity contribution in [2.24, 2.45) is 40.9 Å². The number of benzene rings is 2. The van der Waals surface area contributed by atoms with E-state index in [4.69, 9.17) is 28.8 Å². The third-order valence-electron chi connectivity index (χ3n) is 18.7. The molecule has 0 saturated carbocycles. The van der Waals surface area contributed by atoms with E-state index in [2.05, 4.69) is 52.8 Å². The lowest BCUT2D eigenvalue weighted by molar-refractivity contribution is -0.140. The highest BCUT2D eigenvalue weighted by molar-refractivity contribution is 6.31. The fraction of sp³-hybridized carbons (Fsp3) is 0.649. The summed E-state index contributed by atoms with van der Waals surface area (Å²) in [4.78, 5) is 163. The molecule has 0 radical (unpaired) electrons. The third kappa shape index (κ3) is 37.2. The van der Waals surface area contributed by atoms with Crippen LogP contribution in [0, 0.1) is 23.7 Å². The third-order valence-corrected chi connectivity index (χ3v) is 18.9. The van der Waals surface area contributed by atoms with Gasteiger partial charge in [0, 0.05) is 153 Å². The van der Waals surface area contributed by atoms with Gasteiger partial charge in [-0.15, -0.1) is 0 Å². The van der Waals surface area contributed by atoms with Crippen LogP contribution < -0.4 is 65.1 Å². The number of nitrogens with two attached hydrogens (primary N) is 3. The number of fused-ring (bicyclic) bond motifs is 1. The van der Waals surface area contributed by atoms with Crippen LogP contribution in [-0.2, 0) is 70.4 Å². The molecule has 103 heavy (non-hydrogen) atoms. The Kier molecular flexibility index (Phi) is 41.4. The molecule has 0 unspecified atom stereocenters. The van der Waals surface area contributed by atoms with Crippen LogP contribution in [0.1, 0.15) is 208 Å². The molecule has 0 aliphatic heterocycles. The van der Waals surface area contributed by atoms with Gasteiger partial charge in [0.1, 0.15) is 0 Å². The Morgan fingerprint density at radius 1 is 0.437 bits per heavy atom. The zero-order valence-electron chi connectivity index (χ0n) is 61.5. The Hall–Kier alpha value is -8.21. The quantitative estimate of drug-likeness (QED) is 0.0323. The highest BCUT2D eigenvalue weighted by atomic mass is 35.5.